The lowest BCUT2D eigenvalue weighted by atomic mass is 10.1. The first-order chi connectivity index (χ1) is 7.33. The van der Waals surface area contributed by atoms with Gasteiger partial charge in [0, 0.05) is 11.0 Å². The van der Waals surface area contributed by atoms with E-state index >= 15 is 0 Å². The van der Waals surface area contributed by atoms with Gasteiger partial charge in [-0.1, -0.05) is 28.1 Å². The van der Waals surface area contributed by atoms with Gasteiger partial charge in [0.15, 0.2) is 0 Å². The van der Waals surface area contributed by atoms with Crippen LogP contribution in [-0.2, 0) is 0 Å². The summed E-state index contributed by atoms with van der Waals surface area (Å²) in [5.41, 5.74) is 2.40. The number of alkyl halides is 1. The number of nitrogens with zero attached hydrogens (tertiary/aromatic N) is 1. The maximum atomic E-state index is 5.20. The molecule has 0 bridgehead atoms. The molecule has 1 heterocycles. The zero-order valence-corrected chi connectivity index (χ0v) is 10.3. The normalized spacial score (nSPS) is 20.1. The van der Waals surface area contributed by atoms with Crippen molar-refractivity contribution in [2.45, 2.75) is 18.9 Å². The molecule has 0 aliphatic carbocycles. The van der Waals surface area contributed by atoms with E-state index in [4.69, 9.17) is 4.74 Å². The number of hydrogen-bond donors (Lipinski definition) is 0. The van der Waals surface area contributed by atoms with Crippen molar-refractivity contribution in [3.63, 3.8) is 0 Å². The summed E-state index contributed by atoms with van der Waals surface area (Å²) in [6.45, 7) is 0. The minimum Gasteiger partial charge on any atom is -0.497 e. The van der Waals surface area contributed by atoms with Gasteiger partial charge in [-0.25, -0.2) is 0 Å². The standard InChI is InChI=1S/C12H14BrNO/c1-15-11-4-2-3-9(7-11)12-6-5-10(8-13)14-12/h2-4,7,10H,5-6,8H2,1H3. The largest absolute Gasteiger partial charge is 0.497 e. The van der Waals surface area contributed by atoms with Crippen molar-refractivity contribution < 1.29 is 4.74 Å². The second kappa shape index (κ2) is 4.79. The number of halogens is 1. The van der Waals surface area contributed by atoms with Crippen LogP contribution in [0.15, 0.2) is 29.3 Å². The first-order valence-corrected chi connectivity index (χ1v) is 6.22. The first kappa shape index (κ1) is 10.7. The highest BCUT2D eigenvalue weighted by Gasteiger charge is 2.17. The Balaban J connectivity index is 2.22. The van der Waals surface area contributed by atoms with Crippen LogP contribution in [-0.4, -0.2) is 24.2 Å². The molecule has 80 valence electrons. The fourth-order valence-electron chi connectivity index (χ4n) is 1.79. The number of benzene rings is 1. The van der Waals surface area contributed by atoms with Gasteiger partial charge in [-0.05, 0) is 30.5 Å². The van der Waals surface area contributed by atoms with E-state index in [0.717, 1.165) is 23.9 Å². The lowest BCUT2D eigenvalue weighted by Gasteiger charge is -2.03. The van der Waals surface area contributed by atoms with Crippen LogP contribution < -0.4 is 4.74 Å². The van der Waals surface area contributed by atoms with Crippen LogP contribution in [0, 0.1) is 0 Å². The number of hydrogen-bond acceptors (Lipinski definition) is 2. The second-order valence-corrected chi connectivity index (χ2v) is 4.30. The van der Waals surface area contributed by atoms with E-state index in [2.05, 4.69) is 33.1 Å². The van der Waals surface area contributed by atoms with Crippen LogP contribution >= 0.6 is 15.9 Å². The summed E-state index contributed by atoms with van der Waals surface area (Å²) in [6, 6.07) is 8.57. The maximum Gasteiger partial charge on any atom is 0.119 e. The Bertz CT molecular complexity index is 376. The molecule has 0 amide bonds. The summed E-state index contributed by atoms with van der Waals surface area (Å²) in [6.07, 6.45) is 2.22. The molecule has 0 radical (unpaired) electrons. The van der Waals surface area contributed by atoms with Gasteiger partial charge in [0.1, 0.15) is 5.75 Å². The summed E-state index contributed by atoms with van der Waals surface area (Å²) in [5, 5.41) is 0.959. The van der Waals surface area contributed by atoms with Crippen molar-refractivity contribution in [2.75, 3.05) is 12.4 Å². The summed E-state index contributed by atoms with van der Waals surface area (Å²) >= 11 is 3.47. The predicted octanol–water partition coefficient (Wildman–Crippen LogP) is 3.04. The highest BCUT2D eigenvalue weighted by molar-refractivity contribution is 9.09. The van der Waals surface area contributed by atoms with Crippen LogP contribution in [0.4, 0.5) is 0 Å². The van der Waals surface area contributed by atoms with Crippen molar-refractivity contribution in [3.05, 3.63) is 29.8 Å². The van der Waals surface area contributed by atoms with Gasteiger partial charge in [0.05, 0.1) is 13.2 Å². The van der Waals surface area contributed by atoms with E-state index in [1.807, 2.05) is 12.1 Å². The van der Waals surface area contributed by atoms with Crippen molar-refractivity contribution in [2.24, 2.45) is 4.99 Å². The van der Waals surface area contributed by atoms with Gasteiger partial charge < -0.3 is 4.74 Å². The van der Waals surface area contributed by atoms with Gasteiger partial charge in [0.25, 0.3) is 0 Å². The molecule has 0 saturated heterocycles. The molecule has 1 unspecified atom stereocenters. The number of methoxy groups -OCH3 is 1. The van der Waals surface area contributed by atoms with E-state index in [9.17, 15) is 0 Å². The van der Waals surface area contributed by atoms with E-state index < -0.39 is 0 Å². The van der Waals surface area contributed by atoms with Crippen molar-refractivity contribution >= 4 is 21.6 Å². The Hall–Kier alpha value is -0.830. The minimum atomic E-state index is 0.450. The number of aliphatic imine (C=N–C) groups is 1. The monoisotopic (exact) mass is 267 g/mol. The molecule has 0 aromatic heterocycles. The average Bonchev–Trinajstić information content (AvgIpc) is 2.78. The second-order valence-electron chi connectivity index (χ2n) is 3.65. The lowest BCUT2D eigenvalue weighted by molar-refractivity contribution is 0.414. The molecule has 2 rings (SSSR count). The average molecular weight is 268 g/mol. The van der Waals surface area contributed by atoms with Crippen molar-refractivity contribution in [1.29, 1.82) is 0 Å². The molecule has 1 aromatic carbocycles. The molecule has 1 aliphatic rings. The fraction of sp³-hybridized carbons (Fsp3) is 0.417. The minimum absolute atomic E-state index is 0.450. The zero-order valence-electron chi connectivity index (χ0n) is 8.74. The highest BCUT2D eigenvalue weighted by Crippen LogP contribution is 2.22. The fourth-order valence-corrected chi connectivity index (χ4v) is 2.25. The molecule has 15 heavy (non-hydrogen) atoms. The molecule has 1 aromatic rings. The molecule has 0 N–H and O–H groups in total. The Morgan fingerprint density at radius 1 is 1.53 bits per heavy atom. The van der Waals surface area contributed by atoms with Crippen molar-refractivity contribution in [1.82, 2.24) is 0 Å². The summed E-state index contributed by atoms with van der Waals surface area (Å²) < 4.78 is 5.20. The third-order valence-corrected chi connectivity index (χ3v) is 3.38. The quantitative estimate of drug-likeness (QED) is 0.772. The van der Waals surface area contributed by atoms with E-state index in [1.54, 1.807) is 7.11 Å². The zero-order chi connectivity index (χ0) is 10.7. The van der Waals surface area contributed by atoms with Gasteiger partial charge in [-0.2, -0.15) is 0 Å². The predicted molar refractivity (Wildman–Crippen MR) is 66.3 cm³/mol. The summed E-state index contributed by atoms with van der Waals surface area (Å²) in [4.78, 5) is 4.67. The van der Waals surface area contributed by atoms with Crippen LogP contribution in [0.5, 0.6) is 5.75 Å². The van der Waals surface area contributed by atoms with Crippen LogP contribution in [0.3, 0.4) is 0 Å². The third kappa shape index (κ3) is 2.40. The van der Waals surface area contributed by atoms with E-state index in [-0.39, 0.29) is 0 Å². The number of rotatable bonds is 3. The van der Waals surface area contributed by atoms with Gasteiger partial charge >= 0.3 is 0 Å². The smallest absolute Gasteiger partial charge is 0.119 e. The third-order valence-electron chi connectivity index (χ3n) is 2.63. The molecule has 1 aliphatic heterocycles. The highest BCUT2D eigenvalue weighted by atomic mass is 79.9. The molecule has 3 heteroatoms. The van der Waals surface area contributed by atoms with Gasteiger partial charge in [-0.3, -0.25) is 4.99 Å². The van der Waals surface area contributed by atoms with E-state index in [0.29, 0.717) is 6.04 Å². The first-order valence-electron chi connectivity index (χ1n) is 5.10. The molecule has 2 nitrogen and oxygen atoms in total. The molecule has 1 atom stereocenters. The Labute approximate surface area is 98.5 Å². The van der Waals surface area contributed by atoms with Crippen molar-refractivity contribution in [3.8, 4) is 5.75 Å². The Morgan fingerprint density at radius 2 is 2.40 bits per heavy atom. The van der Waals surface area contributed by atoms with Crippen LogP contribution in [0.2, 0.25) is 0 Å². The number of ether oxygens (including phenoxy) is 1. The van der Waals surface area contributed by atoms with Gasteiger partial charge in [-0.15, -0.1) is 0 Å². The van der Waals surface area contributed by atoms with E-state index in [1.165, 1.54) is 11.3 Å². The molecule has 0 saturated carbocycles. The van der Waals surface area contributed by atoms with Crippen LogP contribution in [0.1, 0.15) is 18.4 Å². The topological polar surface area (TPSA) is 21.6 Å². The van der Waals surface area contributed by atoms with Gasteiger partial charge in [0.2, 0.25) is 0 Å². The molecular formula is C12H14BrNO. The molecule has 0 fully saturated rings. The molecular weight excluding hydrogens is 254 g/mol. The lowest BCUT2D eigenvalue weighted by Crippen LogP contribution is -1.99. The Morgan fingerprint density at radius 3 is 3.07 bits per heavy atom. The maximum absolute atomic E-state index is 5.20. The SMILES string of the molecule is COc1cccc(C2=NC(CBr)CC2)c1. The summed E-state index contributed by atoms with van der Waals surface area (Å²) in [7, 11) is 1.69. The summed E-state index contributed by atoms with van der Waals surface area (Å²) in [5.74, 6) is 0.900. The molecule has 0 spiro atoms. The van der Waals surface area contributed by atoms with Crippen LogP contribution in [0.25, 0.3) is 0 Å². The Kier molecular flexibility index (Phi) is 3.41.